The number of nitrogens with zero attached hydrogens (tertiary/aromatic N) is 2. The Balaban J connectivity index is 1.87. The maximum Gasteiger partial charge on any atom is 0.260 e. The number of ether oxygens (including phenoxy) is 3. The Hall–Kier alpha value is -1.86. The van der Waals surface area contributed by atoms with Gasteiger partial charge in [0.05, 0.1) is 33.0 Å². The van der Waals surface area contributed by atoms with Gasteiger partial charge in [-0.25, -0.2) is 4.39 Å². The van der Waals surface area contributed by atoms with Crippen molar-refractivity contribution in [3.8, 4) is 11.5 Å². The number of carbonyl (C=O) groups is 1. The van der Waals surface area contributed by atoms with Gasteiger partial charge < -0.3 is 19.1 Å². The Kier molecular flexibility index (Phi) is 4.91. The van der Waals surface area contributed by atoms with Gasteiger partial charge in [0.25, 0.3) is 5.91 Å². The van der Waals surface area contributed by atoms with Crippen molar-refractivity contribution in [2.45, 2.75) is 18.6 Å². The van der Waals surface area contributed by atoms with Crippen LogP contribution >= 0.6 is 0 Å². The zero-order valence-corrected chi connectivity index (χ0v) is 14.3. The second-order valence-electron chi connectivity index (χ2n) is 6.15. The van der Waals surface area contributed by atoms with E-state index in [9.17, 15) is 9.18 Å². The molecule has 0 saturated carbocycles. The average molecular weight is 338 g/mol. The molecule has 1 aromatic rings. The third kappa shape index (κ3) is 2.93. The number of amides is 1. The van der Waals surface area contributed by atoms with Crippen molar-refractivity contribution in [2.24, 2.45) is 0 Å². The van der Waals surface area contributed by atoms with Gasteiger partial charge in [0, 0.05) is 19.6 Å². The van der Waals surface area contributed by atoms with Crippen LogP contribution in [0.4, 0.5) is 4.39 Å². The molecular formula is C17H23FN2O4. The molecule has 0 aliphatic carbocycles. The number of rotatable bonds is 3. The molecule has 0 N–H and O–H groups in total. The molecule has 1 amide bonds. The highest BCUT2D eigenvalue weighted by molar-refractivity contribution is 5.98. The number of fused-ring (bicyclic) bond motifs is 1. The minimum Gasteiger partial charge on any atom is -0.493 e. The molecule has 0 bridgehead atoms. The molecule has 2 atom stereocenters. The van der Waals surface area contributed by atoms with E-state index in [1.54, 1.807) is 4.90 Å². The third-order valence-electron chi connectivity index (χ3n) is 4.86. The lowest BCUT2D eigenvalue weighted by Crippen LogP contribution is -2.59. The summed E-state index contributed by atoms with van der Waals surface area (Å²) in [4.78, 5) is 16.8. The summed E-state index contributed by atoms with van der Waals surface area (Å²) in [5.41, 5.74) is -0.0744. The van der Waals surface area contributed by atoms with E-state index in [1.165, 1.54) is 26.4 Å². The molecule has 0 aromatic heterocycles. The minimum absolute atomic E-state index is 0.0744. The quantitative estimate of drug-likeness (QED) is 0.834. The minimum atomic E-state index is -0.604. The second kappa shape index (κ2) is 6.94. The van der Waals surface area contributed by atoms with Crippen LogP contribution in [0.25, 0.3) is 0 Å². The first-order valence-electron chi connectivity index (χ1n) is 8.08. The van der Waals surface area contributed by atoms with Gasteiger partial charge >= 0.3 is 0 Å². The van der Waals surface area contributed by atoms with Gasteiger partial charge in [-0.15, -0.1) is 0 Å². The Labute approximate surface area is 141 Å². The van der Waals surface area contributed by atoms with Crippen LogP contribution in [0.5, 0.6) is 11.5 Å². The lowest BCUT2D eigenvalue weighted by atomic mass is 9.98. The Morgan fingerprint density at radius 3 is 2.79 bits per heavy atom. The number of hydrogen-bond acceptors (Lipinski definition) is 5. The highest BCUT2D eigenvalue weighted by atomic mass is 19.1. The van der Waals surface area contributed by atoms with Gasteiger partial charge in [-0.3, -0.25) is 9.69 Å². The van der Waals surface area contributed by atoms with E-state index in [4.69, 9.17) is 14.2 Å². The van der Waals surface area contributed by atoms with E-state index in [0.717, 1.165) is 13.0 Å². The number of likely N-dealkylation sites (N-methyl/N-ethyl adjacent to an activating group) is 1. The first-order chi connectivity index (χ1) is 11.6. The molecule has 2 fully saturated rings. The smallest absolute Gasteiger partial charge is 0.260 e. The molecule has 24 heavy (non-hydrogen) atoms. The standard InChI is InChI=1S/C17H23FN2O4/c1-19-8-9-24-13-6-7-20(10-12(13)19)17(21)15-11(18)4-5-14(22-2)16(15)23-3/h4-5,12-13H,6-10H2,1-3H3/t12-,13-/m0/s1. The predicted octanol–water partition coefficient (Wildman–Crippen LogP) is 1.39. The van der Waals surface area contributed by atoms with Crippen molar-refractivity contribution < 1.29 is 23.4 Å². The first-order valence-corrected chi connectivity index (χ1v) is 8.08. The number of likely N-dealkylation sites (tertiary alicyclic amines) is 1. The SMILES string of the molecule is COc1ccc(F)c(C(=O)N2CC[C@@H]3OCCN(C)[C@H]3C2)c1OC. The fourth-order valence-corrected chi connectivity index (χ4v) is 3.49. The van der Waals surface area contributed by atoms with E-state index in [1.807, 2.05) is 7.05 Å². The van der Waals surface area contributed by atoms with Crippen LogP contribution in [0.15, 0.2) is 12.1 Å². The summed E-state index contributed by atoms with van der Waals surface area (Å²) in [5.74, 6) is -0.498. The fourth-order valence-electron chi connectivity index (χ4n) is 3.49. The number of morpholine rings is 1. The van der Waals surface area contributed by atoms with Gasteiger partial charge in [0.1, 0.15) is 11.4 Å². The van der Waals surface area contributed by atoms with Crippen LogP contribution in [0.3, 0.4) is 0 Å². The van der Waals surface area contributed by atoms with Gasteiger partial charge in [-0.1, -0.05) is 0 Å². The lowest BCUT2D eigenvalue weighted by molar-refractivity contribution is -0.0894. The van der Waals surface area contributed by atoms with Crippen molar-refractivity contribution in [1.82, 2.24) is 9.80 Å². The van der Waals surface area contributed by atoms with Gasteiger partial charge in [0.15, 0.2) is 11.5 Å². The summed E-state index contributed by atoms with van der Waals surface area (Å²) in [6, 6.07) is 2.83. The summed E-state index contributed by atoms with van der Waals surface area (Å²) in [5, 5.41) is 0. The average Bonchev–Trinajstić information content (AvgIpc) is 2.61. The lowest BCUT2D eigenvalue weighted by Gasteiger charge is -2.45. The monoisotopic (exact) mass is 338 g/mol. The second-order valence-corrected chi connectivity index (χ2v) is 6.15. The van der Waals surface area contributed by atoms with Crippen LogP contribution in [-0.2, 0) is 4.74 Å². The largest absolute Gasteiger partial charge is 0.493 e. The van der Waals surface area contributed by atoms with Crippen molar-refractivity contribution in [2.75, 3.05) is 47.5 Å². The molecule has 2 aliphatic heterocycles. The predicted molar refractivity (Wildman–Crippen MR) is 86.2 cm³/mol. The summed E-state index contributed by atoms with van der Waals surface area (Å²) in [7, 11) is 4.90. The van der Waals surface area contributed by atoms with E-state index >= 15 is 0 Å². The molecule has 6 nitrogen and oxygen atoms in total. The van der Waals surface area contributed by atoms with Crippen LogP contribution in [0.1, 0.15) is 16.8 Å². The Morgan fingerprint density at radius 1 is 1.29 bits per heavy atom. The van der Waals surface area contributed by atoms with Crippen LogP contribution in [-0.4, -0.2) is 75.4 Å². The molecule has 0 unspecified atom stereocenters. The zero-order valence-electron chi connectivity index (χ0n) is 14.3. The number of carbonyl (C=O) groups excluding carboxylic acids is 1. The van der Waals surface area contributed by atoms with Gasteiger partial charge in [-0.2, -0.15) is 0 Å². The van der Waals surface area contributed by atoms with E-state index in [-0.39, 0.29) is 29.4 Å². The molecule has 1 aromatic carbocycles. The van der Waals surface area contributed by atoms with Crippen molar-refractivity contribution in [3.05, 3.63) is 23.5 Å². The molecule has 2 heterocycles. The summed E-state index contributed by atoms with van der Waals surface area (Å²) < 4.78 is 30.6. The van der Waals surface area contributed by atoms with Gasteiger partial charge in [0.2, 0.25) is 0 Å². The summed E-state index contributed by atoms with van der Waals surface area (Å²) >= 11 is 0. The molecule has 0 spiro atoms. The van der Waals surface area contributed by atoms with E-state index in [0.29, 0.717) is 25.4 Å². The Morgan fingerprint density at radius 2 is 2.08 bits per heavy atom. The topological polar surface area (TPSA) is 51.2 Å². The molecule has 3 rings (SSSR count). The number of piperidine rings is 1. The van der Waals surface area contributed by atoms with Crippen LogP contribution in [0.2, 0.25) is 0 Å². The molecule has 7 heteroatoms. The number of hydrogen-bond donors (Lipinski definition) is 0. The molecule has 132 valence electrons. The molecule has 2 saturated heterocycles. The highest BCUT2D eigenvalue weighted by Gasteiger charge is 2.38. The number of halogens is 1. The van der Waals surface area contributed by atoms with Crippen LogP contribution < -0.4 is 9.47 Å². The normalized spacial score (nSPS) is 24.4. The molecular weight excluding hydrogens is 315 g/mol. The first kappa shape index (κ1) is 17.0. The summed E-state index contributed by atoms with van der Waals surface area (Å²) in [6.45, 7) is 2.59. The zero-order chi connectivity index (χ0) is 17.3. The maximum absolute atomic E-state index is 14.4. The molecule has 2 aliphatic rings. The molecule has 0 radical (unpaired) electrons. The fraction of sp³-hybridized carbons (Fsp3) is 0.588. The Bertz CT molecular complexity index is 625. The maximum atomic E-state index is 14.4. The summed E-state index contributed by atoms with van der Waals surface area (Å²) in [6.07, 6.45) is 0.874. The van der Waals surface area contributed by atoms with E-state index in [2.05, 4.69) is 4.90 Å². The van der Waals surface area contributed by atoms with Gasteiger partial charge in [-0.05, 0) is 25.6 Å². The third-order valence-corrected chi connectivity index (χ3v) is 4.86. The van der Waals surface area contributed by atoms with Crippen molar-refractivity contribution in [1.29, 1.82) is 0 Å². The van der Waals surface area contributed by atoms with Crippen molar-refractivity contribution in [3.63, 3.8) is 0 Å². The highest BCUT2D eigenvalue weighted by Crippen LogP contribution is 2.34. The van der Waals surface area contributed by atoms with E-state index < -0.39 is 5.82 Å². The van der Waals surface area contributed by atoms with Crippen LogP contribution in [0, 0.1) is 5.82 Å². The number of benzene rings is 1. The van der Waals surface area contributed by atoms with Crippen molar-refractivity contribution >= 4 is 5.91 Å². The number of methoxy groups -OCH3 is 2.